The van der Waals surface area contributed by atoms with Crippen molar-refractivity contribution in [3.63, 3.8) is 0 Å². The maximum absolute atomic E-state index is 13.3. The first kappa shape index (κ1) is 18.8. The summed E-state index contributed by atoms with van der Waals surface area (Å²) in [6.07, 6.45) is -0.123. The first-order chi connectivity index (χ1) is 13.5. The van der Waals surface area contributed by atoms with Crippen LogP contribution in [0.3, 0.4) is 0 Å². The molecule has 0 fully saturated rings. The van der Waals surface area contributed by atoms with E-state index in [-0.39, 0.29) is 18.7 Å². The second-order valence-electron chi connectivity index (χ2n) is 6.00. The van der Waals surface area contributed by atoms with Crippen LogP contribution in [0.1, 0.15) is 23.5 Å². The Labute approximate surface area is 159 Å². The van der Waals surface area contributed by atoms with Crippen LogP contribution in [0.4, 0.5) is 10.1 Å². The molecule has 1 atom stereocenters. The Kier molecular flexibility index (Phi) is 5.50. The van der Waals surface area contributed by atoms with Gasteiger partial charge in [-0.25, -0.2) is 4.39 Å². The van der Waals surface area contributed by atoms with Gasteiger partial charge in [0.05, 0.1) is 17.6 Å². The van der Waals surface area contributed by atoms with Crippen LogP contribution in [-0.4, -0.2) is 24.3 Å². The monoisotopic (exact) mass is 382 g/mol. The third-order valence-electron chi connectivity index (χ3n) is 4.05. The van der Waals surface area contributed by atoms with Crippen LogP contribution in [-0.2, 0) is 14.4 Å². The maximum Gasteiger partial charge on any atom is 0.276 e. The number of fused-ring (bicyclic) bond motifs is 1. The minimum absolute atomic E-state index is 0.123. The van der Waals surface area contributed by atoms with Crippen molar-refractivity contribution >= 4 is 23.4 Å². The molecule has 3 amide bonds. The van der Waals surface area contributed by atoms with Crippen LogP contribution in [0.2, 0.25) is 0 Å². The van der Waals surface area contributed by atoms with Crippen LogP contribution in [0, 0.1) is 17.1 Å². The lowest BCUT2D eigenvalue weighted by molar-refractivity contribution is -0.131. The first-order valence-electron chi connectivity index (χ1n) is 8.27. The molecule has 9 heteroatoms. The van der Waals surface area contributed by atoms with Crippen LogP contribution in [0.5, 0.6) is 5.75 Å². The van der Waals surface area contributed by atoms with Crippen molar-refractivity contribution in [2.45, 2.75) is 12.3 Å². The Hall–Kier alpha value is -3.93. The highest BCUT2D eigenvalue weighted by molar-refractivity contribution is 6.01. The van der Waals surface area contributed by atoms with Gasteiger partial charge in [-0.15, -0.1) is 0 Å². The van der Waals surface area contributed by atoms with E-state index in [1.807, 2.05) is 6.07 Å². The number of hydrazine groups is 1. The van der Waals surface area contributed by atoms with E-state index >= 15 is 0 Å². The van der Waals surface area contributed by atoms with E-state index in [4.69, 9.17) is 10.00 Å². The Morgan fingerprint density at radius 3 is 2.68 bits per heavy atom. The second kappa shape index (κ2) is 8.18. The van der Waals surface area contributed by atoms with E-state index in [0.717, 1.165) is 6.07 Å². The second-order valence-corrected chi connectivity index (χ2v) is 6.00. The summed E-state index contributed by atoms with van der Waals surface area (Å²) in [6, 6.07) is 11.9. The number of nitriles is 1. The van der Waals surface area contributed by atoms with Gasteiger partial charge in [-0.05, 0) is 42.0 Å². The van der Waals surface area contributed by atoms with Crippen LogP contribution in [0.15, 0.2) is 42.5 Å². The van der Waals surface area contributed by atoms with Gasteiger partial charge in [0, 0.05) is 12.1 Å². The van der Waals surface area contributed by atoms with Crippen molar-refractivity contribution in [1.82, 2.24) is 10.9 Å². The van der Waals surface area contributed by atoms with Gasteiger partial charge in [-0.2, -0.15) is 5.26 Å². The van der Waals surface area contributed by atoms with Gasteiger partial charge in [-0.1, -0.05) is 6.07 Å². The number of ether oxygens (including phenoxy) is 1. The largest absolute Gasteiger partial charge is 0.484 e. The van der Waals surface area contributed by atoms with Crippen molar-refractivity contribution in [3.8, 4) is 11.8 Å². The van der Waals surface area contributed by atoms with E-state index in [1.54, 1.807) is 24.3 Å². The molecule has 2 aromatic rings. The number of nitrogens with one attached hydrogen (secondary N) is 3. The number of benzene rings is 2. The van der Waals surface area contributed by atoms with Crippen molar-refractivity contribution in [1.29, 1.82) is 5.26 Å². The van der Waals surface area contributed by atoms with Crippen LogP contribution >= 0.6 is 0 Å². The van der Waals surface area contributed by atoms with Gasteiger partial charge in [0.1, 0.15) is 11.6 Å². The molecule has 2 aromatic carbocycles. The number of nitrogens with zero attached hydrogens (tertiary/aromatic N) is 1. The molecule has 0 bridgehead atoms. The van der Waals surface area contributed by atoms with Crippen molar-refractivity contribution < 1.29 is 23.5 Å². The summed E-state index contributed by atoms with van der Waals surface area (Å²) in [5, 5.41) is 11.2. The molecule has 0 unspecified atom stereocenters. The first-order valence-corrected chi connectivity index (χ1v) is 8.27. The average Bonchev–Trinajstić information content (AvgIpc) is 2.69. The van der Waals surface area contributed by atoms with E-state index in [9.17, 15) is 18.8 Å². The molecule has 3 rings (SSSR count). The van der Waals surface area contributed by atoms with Crippen LogP contribution < -0.4 is 20.9 Å². The standard InChI is InChI=1S/C19H15FN4O4/c20-12-3-6-14-15(8-17(25)22-16(14)7-12)19(27)24-23-18(26)10-28-13-4-1-11(9-21)2-5-13/h1-7,15H,8,10H2,(H,22,25)(H,23,26)(H,24,27)/t15-/m1/s1. The van der Waals surface area contributed by atoms with Gasteiger partial charge < -0.3 is 10.1 Å². The summed E-state index contributed by atoms with van der Waals surface area (Å²) < 4.78 is 18.6. The lowest BCUT2D eigenvalue weighted by atomic mass is 9.90. The van der Waals surface area contributed by atoms with Crippen molar-refractivity contribution in [2.24, 2.45) is 0 Å². The molecule has 3 N–H and O–H groups in total. The lowest BCUT2D eigenvalue weighted by Gasteiger charge is -2.24. The summed E-state index contributed by atoms with van der Waals surface area (Å²) in [5.41, 5.74) is 5.60. The van der Waals surface area contributed by atoms with Gasteiger partial charge in [0.15, 0.2) is 6.61 Å². The number of hydrogen-bond acceptors (Lipinski definition) is 5. The van der Waals surface area contributed by atoms with Gasteiger partial charge in [0.25, 0.3) is 5.91 Å². The molecular weight excluding hydrogens is 367 g/mol. The fraction of sp³-hybridized carbons (Fsp3) is 0.158. The fourth-order valence-corrected chi connectivity index (χ4v) is 2.70. The molecule has 0 aliphatic carbocycles. The quantitative estimate of drug-likeness (QED) is 0.690. The molecule has 0 saturated carbocycles. The predicted molar refractivity (Wildman–Crippen MR) is 95.3 cm³/mol. The third-order valence-corrected chi connectivity index (χ3v) is 4.05. The zero-order valence-corrected chi connectivity index (χ0v) is 14.5. The molecule has 0 aromatic heterocycles. The highest BCUT2D eigenvalue weighted by Gasteiger charge is 2.31. The predicted octanol–water partition coefficient (Wildman–Crippen LogP) is 1.35. The molecule has 0 radical (unpaired) electrons. The molecule has 1 aliphatic heterocycles. The Morgan fingerprint density at radius 1 is 1.21 bits per heavy atom. The number of carbonyl (C=O) groups excluding carboxylic acids is 3. The summed E-state index contributed by atoms with van der Waals surface area (Å²) in [4.78, 5) is 36.0. The number of anilines is 1. The fourth-order valence-electron chi connectivity index (χ4n) is 2.70. The topological polar surface area (TPSA) is 120 Å². The summed E-state index contributed by atoms with van der Waals surface area (Å²) in [7, 11) is 0. The molecule has 142 valence electrons. The summed E-state index contributed by atoms with van der Waals surface area (Å²) in [5.74, 6) is -2.64. The van der Waals surface area contributed by atoms with E-state index in [1.165, 1.54) is 12.1 Å². The summed E-state index contributed by atoms with van der Waals surface area (Å²) >= 11 is 0. The Bertz CT molecular complexity index is 969. The number of amides is 3. The van der Waals surface area contributed by atoms with E-state index in [2.05, 4.69) is 16.2 Å². The molecule has 28 heavy (non-hydrogen) atoms. The SMILES string of the molecule is N#Cc1ccc(OCC(=O)NNC(=O)[C@@H]2CC(=O)Nc3cc(F)ccc32)cc1. The smallest absolute Gasteiger partial charge is 0.276 e. The van der Waals surface area contributed by atoms with Gasteiger partial charge >= 0.3 is 0 Å². The Balaban J connectivity index is 1.54. The van der Waals surface area contributed by atoms with Gasteiger partial charge in [-0.3, -0.25) is 25.2 Å². The maximum atomic E-state index is 13.3. The van der Waals surface area contributed by atoms with Gasteiger partial charge in [0.2, 0.25) is 11.8 Å². The highest BCUT2D eigenvalue weighted by atomic mass is 19.1. The minimum Gasteiger partial charge on any atom is -0.484 e. The van der Waals surface area contributed by atoms with Crippen molar-refractivity contribution in [3.05, 3.63) is 59.4 Å². The average molecular weight is 382 g/mol. The molecular formula is C19H15FN4O4. The zero-order chi connectivity index (χ0) is 20.1. The molecule has 0 spiro atoms. The Morgan fingerprint density at radius 2 is 1.96 bits per heavy atom. The molecule has 8 nitrogen and oxygen atoms in total. The van der Waals surface area contributed by atoms with E-state index in [0.29, 0.717) is 16.9 Å². The highest BCUT2D eigenvalue weighted by Crippen LogP contribution is 2.32. The van der Waals surface area contributed by atoms with Crippen LogP contribution in [0.25, 0.3) is 0 Å². The number of halogens is 1. The number of hydrogen-bond donors (Lipinski definition) is 3. The van der Waals surface area contributed by atoms with Crippen molar-refractivity contribution in [2.75, 3.05) is 11.9 Å². The number of rotatable bonds is 4. The molecule has 1 heterocycles. The van der Waals surface area contributed by atoms with E-state index < -0.39 is 29.5 Å². The normalized spacial score (nSPS) is 14.9. The number of carbonyl (C=O) groups is 3. The third kappa shape index (κ3) is 4.42. The zero-order valence-electron chi connectivity index (χ0n) is 14.5. The molecule has 0 saturated heterocycles. The summed E-state index contributed by atoms with van der Waals surface area (Å²) in [6.45, 7) is -0.362. The molecule has 1 aliphatic rings. The minimum atomic E-state index is -0.857. The lowest BCUT2D eigenvalue weighted by Crippen LogP contribution is -2.47.